The third-order valence-corrected chi connectivity index (χ3v) is 5.91. The number of halogens is 1. The van der Waals surface area contributed by atoms with Crippen LogP contribution in [-0.2, 0) is 4.74 Å². The first-order chi connectivity index (χ1) is 14.6. The number of rotatable bonds is 8. The van der Waals surface area contributed by atoms with Crippen molar-refractivity contribution in [1.82, 2.24) is 0 Å². The molecular weight excluding hydrogens is 395 g/mol. The Labute approximate surface area is 181 Å². The van der Waals surface area contributed by atoms with Gasteiger partial charge in [0.15, 0.2) is 0 Å². The van der Waals surface area contributed by atoms with E-state index in [0.29, 0.717) is 5.56 Å². The minimum absolute atomic E-state index is 0.220. The van der Waals surface area contributed by atoms with Crippen molar-refractivity contribution in [2.24, 2.45) is 0 Å². The van der Waals surface area contributed by atoms with E-state index >= 15 is 0 Å². The number of carbonyl (C=O) groups is 1. The first-order valence-corrected chi connectivity index (χ1v) is 10.9. The van der Waals surface area contributed by atoms with Gasteiger partial charge in [0.2, 0.25) is 0 Å². The molecule has 0 spiro atoms. The van der Waals surface area contributed by atoms with Gasteiger partial charge in [-0.25, -0.2) is 9.18 Å². The van der Waals surface area contributed by atoms with Crippen LogP contribution in [0.1, 0.15) is 39.9 Å². The highest BCUT2D eigenvalue weighted by atomic mass is 32.2. The largest absolute Gasteiger partial charge is 0.465 e. The second-order valence-electron chi connectivity index (χ2n) is 6.98. The zero-order valence-electron chi connectivity index (χ0n) is 17.2. The van der Waals surface area contributed by atoms with Gasteiger partial charge in [-0.2, -0.15) is 0 Å². The molecule has 3 aromatic rings. The fraction of sp³-hybridized carbons (Fsp3) is 0.192. The van der Waals surface area contributed by atoms with Crippen LogP contribution in [0.5, 0.6) is 0 Å². The Kier molecular flexibility index (Phi) is 7.86. The van der Waals surface area contributed by atoms with Crippen molar-refractivity contribution in [2.75, 3.05) is 12.9 Å². The molecule has 3 aromatic carbocycles. The van der Waals surface area contributed by atoms with Gasteiger partial charge in [0.25, 0.3) is 0 Å². The third kappa shape index (κ3) is 5.83. The van der Waals surface area contributed by atoms with Crippen LogP contribution in [0.15, 0.2) is 77.7 Å². The first-order valence-electron chi connectivity index (χ1n) is 9.91. The second-order valence-corrected chi connectivity index (χ2v) is 8.14. The lowest BCUT2D eigenvalue weighted by Gasteiger charge is -2.15. The van der Waals surface area contributed by atoms with Crippen molar-refractivity contribution in [3.8, 4) is 0 Å². The van der Waals surface area contributed by atoms with Gasteiger partial charge >= 0.3 is 5.97 Å². The van der Waals surface area contributed by atoms with E-state index in [1.165, 1.54) is 19.2 Å². The maximum atomic E-state index is 13.1. The Hall–Kier alpha value is -2.85. The summed E-state index contributed by atoms with van der Waals surface area (Å²) in [6.07, 6.45) is 3.89. The fourth-order valence-electron chi connectivity index (χ4n) is 3.38. The van der Waals surface area contributed by atoms with E-state index in [0.717, 1.165) is 45.8 Å². The molecule has 0 bridgehead atoms. The number of benzene rings is 3. The van der Waals surface area contributed by atoms with E-state index in [1.807, 2.05) is 43.3 Å². The van der Waals surface area contributed by atoms with Gasteiger partial charge in [-0.1, -0.05) is 48.5 Å². The Morgan fingerprint density at radius 1 is 1.00 bits per heavy atom. The predicted octanol–water partition coefficient (Wildman–Crippen LogP) is 7.03. The van der Waals surface area contributed by atoms with Crippen LogP contribution < -0.4 is 0 Å². The number of ether oxygens (including phenoxy) is 1. The Morgan fingerprint density at radius 3 is 2.43 bits per heavy atom. The average molecular weight is 421 g/mol. The molecule has 30 heavy (non-hydrogen) atoms. The van der Waals surface area contributed by atoms with Gasteiger partial charge in [-0.05, 0) is 78.1 Å². The fourth-order valence-corrected chi connectivity index (χ4v) is 4.23. The highest BCUT2D eigenvalue weighted by Crippen LogP contribution is 2.31. The lowest BCUT2D eigenvalue weighted by molar-refractivity contribution is 0.0600. The van der Waals surface area contributed by atoms with Crippen molar-refractivity contribution in [3.05, 3.63) is 101 Å². The number of hydrogen-bond acceptors (Lipinski definition) is 3. The van der Waals surface area contributed by atoms with E-state index in [-0.39, 0.29) is 11.8 Å². The summed E-state index contributed by atoms with van der Waals surface area (Å²) in [7, 11) is 1.41. The molecule has 2 nitrogen and oxygen atoms in total. The lowest BCUT2D eigenvalue weighted by Crippen LogP contribution is -2.07. The van der Waals surface area contributed by atoms with E-state index in [4.69, 9.17) is 4.74 Å². The summed E-state index contributed by atoms with van der Waals surface area (Å²) < 4.78 is 18.1. The van der Waals surface area contributed by atoms with Crippen molar-refractivity contribution in [2.45, 2.75) is 24.7 Å². The highest BCUT2D eigenvalue weighted by molar-refractivity contribution is 7.99. The highest BCUT2D eigenvalue weighted by Gasteiger charge is 2.17. The zero-order chi connectivity index (χ0) is 21.3. The van der Waals surface area contributed by atoms with Gasteiger partial charge in [0.05, 0.1) is 12.7 Å². The number of thioether (sulfide) groups is 1. The minimum Gasteiger partial charge on any atom is -0.465 e. The molecule has 0 N–H and O–H groups in total. The van der Waals surface area contributed by atoms with Crippen LogP contribution in [0.2, 0.25) is 0 Å². The molecule has 0 aromatic heterocycles. The predicted molar refractivity (Wildman–Crippen MR) is 123 cm³/mol. The summed E-state index contributed by atoms with van der Waals surface area (Å²) in [5.41, 5.74) is 4.79. The van der Waals surface area contributed by atoms with Crippen LogP contribution >= 0.6 is 11.8 Å². The van der Waals surface area contributed by atoms with Crippen LogP contribution in [0.3, 0.4) is 0 Å². The number of esters is 1. The van der Waals surface area contributed by atoms with Crippen LogP contribution in [0.4, 0.5) is 4.39 Å². The summed E-state index contributed by atoms with van der Waals surface area (Å²) >= 11 is 1.71. The molecule has 0 aliphatic carbocycles. The number of carbonyl (C=O) groups excluding carboxylic acids is 1. The van der Waals surface area contributed by atoms with Crippen molar-refractivity contribution >= 4 is 29.4 Å². The molecule has 0 saturated heterocycles. The molecule has 0 saturated carbocycles. The van der Waals surface area contributed by atoms with Crippen molar-refractivity contribution in [1.29, 1.82) is 0 Å². The normalized spacial score (nSPS) is 11.4. The molecule has 3 rings (SSSR count). The molecule has 0 heterocycles. The van der Waals surface area contributed by atoms with Gasteiger partial charge in [-0.3, -0.25) is 0 Å². The summed E-state index contributed by atoms with van der Waals surface area (Å²) in [5.74, 6) is 0.354. The quantitative estimate of drug-likeness (QED) is 0.169. The number of allylic oxidation sites excluding steroid dienone is 1. The number of hydrogen-bond donors (Lipinski definition) is 0. The molecule has 0 atom stereocenters. The zero-order valence-corrected chi connectivity index (χ0v) is 18.0. The van der Waals surface area contributed by atoms with Gasteiger partial charge in [0, 0.05) is 4.90 Å². The van der Waals surface area contributed by atoms with Crippen LogP contribution in [0.25, 0.3) is 11.6 Å². The van der Waals surface area contributed by atoms with E-state index in [9.17, 15) is 9.18 Å². The van der Waals surface area contributed by atoms with E-state index < -0.39 is 0 Å². The maximum Gasteiger partial charge on any atom is 0.338 e. The molecule has 0 aliphatic rings. The monoisotopic (exact) mass is 420 g/mol. The SMILES string of the molecule is COC(=O)c1cccc(C)c1/C(=C\c1ccccc1)CCCSc1ccc(F)cc1. The molecule has 154 valence electrons. The Balaban J connectivity index is 1.84. The molecule has 0 amide bonds. The summed E-state index contributed by atoms with van der Waals surface area (Å²) in [5, 5.41) is 0. The number of aryl methyl sites for hydroxylation is 1. The second kappa shape index (κ2) is 10.8. The first kappa shape index (κ1) is 21.8. The Bertz CT molecular complexity index is 1010. The summed E-state index contributed by atoms with van der Waals surface area (Å²) in [4.78, 5) is 13.5. The lowest BCUT2D eigenvalue weighted by atomic mass is 9.91. The van der Waals surface area contributed by atoms with E-state index in [1.54, 1.807) is 23.9 Å². The summed E-state index contributed by atoms with van der Waals surface area (Å²) in [6, 6.07) is 22.4. The third-order valence-electron chi connectivity index (χ3n) is 4.81. The molecule has 0 radical (unpaired) electrons. The average Bonchev–Trinajstić information content (AvgIpc) is 2.77. The van der Waals surface area contributed by atoms with Gasteiger partial charge in [-0.15, -0.1) is 11.8 Å². The Morgan fingerprint density at radius 2 is 1.73 bits per heavy atom. The smallest absolute Gasteiger partial charge is 0.338 e. The van der Waals surface area contributed by atoms with Crippen LogP contribution in [0, 0.1) is 12.7 Å². The topological polar surface area (TPSA) is 26.3 Å². The standard InChI is InChI=1S/C26H25FO2S/c1-19-8-6-12-24(26(28)29-2)25(19)21(18-20-9-4-3-5-10-20)11-7-17-30-23-15-13-22(27)14-16-23/h3-6,8-10,12-16,18H,7,11,17H2,1-2H3/b21-18-. The molecule has 4 heteroatoms. The molecule has 0 unspecified atom stereocenters. The summed E-state index contributed by atoms with van der Waals surface area (Å²) in [6.45, 7) is 2.02. The molecule has 0 aliphatic heterocycles. The molecular formula is C26H25FO2S. The van der Waals surface area contributed by atoms with Crippen LogP contribution in [-0.4, -0.2) is 18.8 Å². The van der Waals surface area contributed by atoms with Gasteiger partial charge in [0.1, 0.15) is 5.82 Å². The van der Waals surface area contributed by atoms with Crippen molar-refractivity contribution < 1.29 is 13.9 Å². The number of methoxy groups -OCH3 is 1. The maximum absolute atomic E-state index is 13.1. The van der Waals surface area contributed by atoms with Crippen molar-refractivity contribution in [3.63, 3.8) is 0 Å². The minimum atomic E-state index is -0.326. The van der Waals surface area contributed by atoms with E-state index in [2.05, 4.69) is 18.2 Å². The molecule has 0 fully saturated rings. The van der Waals surface area contributed by atoms with Gasteiger partial charge < -0.3 is 4.74 Å².